The smallest absolute Gasteiger partial charge is 0.118 e. The topological polar surface area (TPSA) is 34.4 Å². The van der Waals surface area contributed by atoms with Crippen LogP contribution in [0, 0.1) is 0 Å². The number of likely N-dealkylation sites (N-methyl/N-ethyl adjacent to an activating group) is 1. The Morgan fingerprint density at radius 3 is 2.56 bits per heavy atom. The van der Waals surface area contributed by atoms with E-state index in [1.165, 1.54) is 11.1 Å². The molecule has 0 fully saturated rings. The van der Waals surface area contributed by atoms with Crippen molar-refractivity contribution < 1.29 is 9.15 Å². The van der Waals surface area contributed by atoms with Gasteiger partial charge in [0.2, 0.25) is 0 Å². The average Bonchev–Trinajstić information content (AvgIpc) is 2.91. The summed E-state index contributed by atoms with van der Waals surface area (Å²) in [4.78, 5) is 0. The van der Waals surface area contributed by atoms with Gasteiger partial charge in [0, 0.05) is 6.04 Å². The largest absolute Gasteiger partial charge is 0.497 e. The molecule has 2 rings (SSSR count). The first-order valence-corrected chi connectivity index (χ1v) is 6.22. The van der Waals surface area contributed by atoms with Gasteiger partial charge in [0.1, 0.15) is 5.75 Å². The van der Waals surface area contributed by atoms with Gasteiger partial charge in [-0.3, -0.25) is 0 Å². The molecule has 1 atom stereocenters. The van der Waals surface area contributed by atoms with Crippen molar-refractivity contribution in [1.29, 1.82) is 0 Å². The van der Waals surface area contributed by atoms with Crippen LogP contribution in [0.2, 0.25) is 0 Å². The van der Waals surface area contributed by atoms with E-state index in [0.29, 0.717) is 6.04 Å². The molecule has 0 aliphatic rings. The van der Waals surface area contributed by atoms with Gasteiger partial charge in [-0.1, -0.05) is 19.1 Å². The summed E-state index contributed by atoms with van der Waals surface area (Å²) in [7, 11) is 1.68. The predicted octanol–water partition coefficient (Wildman–Crippen LogP) is 3.18. The molecule has 3 nitrogen and oxygen atoms in total. The lowest BCUT2D eigenvalue weighted by Crippen LogP contribution is -2.22. The summed E-state index contributed by atoms with van der Waals surface area (Å²) >= 11 is 0. The Morgan fingerprint density at radius 1 is 1.22 bits per heavy atom. The number of hydrogen-bond donors (Lipinski definition) is 1. The quantitative estimate of drug-likeness (QED) is 0.848. The van der Waals surface area contributed by atoms with Crippen LogP contribution in [0.5, 0.6) is 5.75 Å². The zero-order valence-corrected chi connectivity index (χ0v) is 10.8. The van der Waals surface area contributed by atoms with Crippen molar-refractivity contribution in [3.05, 3.63) is 54.0 Å². The van der Waals surface area contributed by atoms with Crippen molar-refractivity contribution in [3.8, 4) is 5.75 Å². The minimum absolute atomic E-state index is 0.304. The number of methoxy groups -OCH3 is 1. The van der Waals surface area contributed by atoms with Gasteiger partial charge >= 0.3 is 0 Å². The highest BCUT2D eigenvalue weighted by molar-refractivity contribution is 5.30. The van der Waals surface area contributed by atoms with Gasteiger partial charge in [-0.05, 0) is 42.3 Å². The van der Waals surface area contributed by atoms with E-state index in [9.17, 15) is 0 Å². The Balaban J connectivity index is 2.12. The fourth-order valence-electron chi connectivity index (χ4n) is 2.03. The Labute approximate surface area is 108 Å². The minimum Gasteiger partial charge on any atom is -0.497 e. The molecule has 1 N–H and O–H groups in total. The van der Waals surface area contributed by atoms with Crippen LogP contribution in [0.1, 0.15) is 24.1 Å². The van der Waals surface area contributed by atoms with Gasteiger partial charge in [0.05, 0.1) is 19.6 Å². The number of furan rings is 1. The van der Waals surface area contributed by atoms with Gasteiger partial charge in [0.25, 0.3) is 0 Å². The van der Waals surface area contributed by atoms with Crippen LogP contribution in [-0.2, 0) is 6.42 Å². The number of nitrogens with one attached hydrogen (secondary N) is 1. The number of benzene rings is 1. The van der Waals surface area contributed by atoms with Crippen LogP contribution in [0.4, 0.5) is 0 Å². The zero-order chi connectivity index (χ0) is 12.8. The molecule has 1 unspecified atom stereocenters. The first-order chi connectivity index (χ1) is 8.83. The van der Waals surface area contributed by atoms with Gasteiger partial charge in [-0.25, -0.2) is 0 Å². The fraction of sp³-hybridized carbons (Fsp3) is 0.333. The van der Waals surface area contributed by atoms with Crippen LogP contribution < -0.4 is 10.1 Å². The second-order valence-electron chi connectivity index (χ2n) is 4.22. The predicted molar refractivity (Wildman–Crippen MR) is 71.8 cm³/mol. The molecule has 3 heteroatoms. The molecular formula is C15H19NO2. The Kier molecular flexibility index (Phi) is 4.42. The van der Waals surface area contributed by atoms with E-state index in [2.05, 4.69) is 24.4 Å². The van der Waals surface area contributed by atoms with E-state index in [0.717, 1.165) is 18.7 Å². The molecule has 18 heavy (non-hydrogen) atoms. The molecule has 1 heterocycles. The van der Waals surface area contributed by atoms with Crippen molar-refractivity contribution in [2.24, 2.45) is 0 Å². The lowest BCUT2D eigenvalue weighted by atomic mass is 10.0. The third-order valence-electron chi connectivity index (χ3n) is 2.99. The SMILES string of the molecule is CCNC(Cc1ccoc1)c1ccc(OC)cc1. The highest BCUT2D eigenvalue weighted by Crippen LogP contribution is 2.21. The lowest BCUT2D eigenvalue weighted by Gasteiger charge is -2.18. The molecule has 0 spiro atoms. The Bertz CT molecular complexity index is 448. The van der Waals surface area contributed by atoms with Crippen molar-refractivity contribution >= 4 is 0 Å². The third-order valence-corrected chi connectivity index (χ3v) is 2.99. The molecule has 0 amide bonds. The van der Waals surface area contributed by atoms with E-state index in [4.69, 9.17) is 9.15 Å². The normalized spacial score (nSPS) is 12.3. The summed E-state index contributed by atoms with van der Waals surface area (Å²) in [6.45, 7) is 3.06. The molecule has 2 aromatic rings. The summed E-state index contributed by atoms with van der Waals surface area (Å²) < 4.78 is 10.3. The highest BCUT2D eigenvalue weighted by Gasteiger charge is 2.11. The molecule has 96 valence electrons. The zero-order valence-electron chi connectivity index (χ0n) is 10.8. The van der Waals surface area contributed by atoms with Gasteiger partial charge in [0.15, 0.2) is 0 Å². The standard InChI is InChI=1S/C15H19NO2/c1-3-16-15(10-12-8-9-18-11-12)13-4-6-14(17-2)7-5-13/h4-9,11,15-16H,3,10H2,1-2H3. The Morgan fingerprint density at radius 2 is 2.00 bits per heavy atom. The van der Waals surface area contributed by atoms with Gasteiger partial charge in [-0.2, -0.15) is 0 Å². The van der Waals surface area contributed by atoms with Crippen molar-refractivity contribution in [2.75, 3.05) is 13.7 Å². The summed E-state index contributed by atoms with van der Waals surface area (Å²) in [6.07, 6.45) is 4.44. The van der Waals surface area contributed by atoms with Crippen molar-refractivity contribution in [1.82, 2.24) is 5.32 Å². The maximum absolute atomic E-state index is 5.18. The van der Waals surface area contributed by atoms with Crippen molar-refractivity contribution in [3.63, 3.8) is 0 Å². The molecule has 0 aliphatic heterocycles. The molecule has 0 saturated carbocycles. The molecule has 0 radical (unpaired) electrons. The molecular weight excluding hydrogens is 226 g/mol. The second-order valence-corrected chi connectivity index (χ2v) is 4.22. The highest BCUT2D eigenvalue weighted by atomic mass is 16.5. The minimum atomic E-state index is 0.304. The first kappa shape index (κ1) is 12.7. The molecule has 0 bridgehead atoms. The summed E-state index contributed by atoms with van der Waals surface area (Å²) in [5, 5.41) is 3.49. The van der Waals surface area contributed by atoms with Crippen LogP contribution in [-0.4, -0.2) is 13.7 Å². The van der Waals surface area contributed by atoms with E-state index in [-0.39, 0.29) is 0 Å². The summed E-state index contributed by atoms with van der Waals surface area (Å²) in [5.74, 6) is 0.886. The van der Waals surface area contributed by atoms with Crippen molar-refractivity contribution in [2.45, 2.75) is 19.4 Å². The van der Waals surface area contributed by atoms with Gasteiger partial charge < -0.3 is 14.5 Å². The first-order valence-electron chi connectivity index (χ1n) is 6.22. The number of hydrogen-bond acceptors (Lipinski definition) is 3. The number of ether oxygens (including phenoxy) is 1. The van der Waals surface area contributed by atoms with Crippen LogP contribution in [0.25, 0.3) is 0 Å². The third kappa shape index (κ3) is 3.14. The summed E-state index contributed by atoms with van der Waals surface area (Å²) in [5.41, 5.74) is 2.47. The average molecular weight is 245 g/mol. The van der Waals surface area contributed by atoms with E-state index >= 15 is 0 Å². The molecule has 1 aromatic heterocycles. The maximum Gasteiger partial charge on any atom is 0.118 e. The summed E-state index contributed by atoms with van der Waals surface area (Å²) in [6, 6.07) is 10.5. The van der Waals surface area contributed by atoms with E-state index in [1.807, 2.05) is 18.2 Å². The molecule has 0 aliphatic carbocycles. The second kappa shape index (κ2) is 6.26. The van der Waals surface area contributed by atoms with Gasteiger partial charge in [-0.15, -0.1) is 0 Å². The Hall–Kier alpha value is -1.74. The molecule has 1 aromatic carbocycles. The number of rotatable bonds is 6. The van der Waals surface area contributed by atoms with E-state index in [1.54, 1.807) is 19.6 Å². The van der Waals surface area contributed by atoms with E-state index < -0.39 is 0 Å². The van der Waals surface area contributed by atoms with Crippen LogP contribution in [0.3, 0.4) is 0 Å². The maximum atomic E-state index is 5.18. The fourth-order valence-corrected chi connectivity index (χ4v) is 2.03. The molecule has 0 saturated heterocycles. The lowest BCUT2D eigenvalue weighted by molar-refractivity contribution is 0.414. The monoisotopic (exact) mass is 245 g/mol. The van der Waals surface area contributed by atoms with Crippen LogP contribution in [0.15, 0.2) is 47.3 Å². The van der Waals surface area contributed by atoms with Crippen LogP contribution >= 0.6 is 0 Å².